The minimum Gasteiger partial charge on any atom is -0.367 e. The molecule has 2 rings (SSSR count). The maximum absolute atomic E-state index is 13.0. The molecule has 20 heavy (non-hydrogen) atoms. The van der Waals surface area contributed by atoms with E-state index >= 15 is 0 Å². The van der Waals surface area contributed by atoms with Crippen molar-refractivity contribution in [2.45, 2.75) is 13.5 Å². The molecule has 0 aliphatic heterocycles. The lowest BCUT2D eigenvalue weighted by Gasteiger charge is -2.23. The predicted octanol–water partition coefficient (Wildman–Crippen LogP) is 2.95. The lowest BCUT2D eigenvalue weighted by Crippen LogP contribution is -2.22. The van der Waals surface area contributed by atoms with E-state index in [1.807, 2.05) is 19.1 Å². The third kappa shape index (κ3) is 3.35. The van der Waals surface area contributed by atoms with Gasteiger partial charge in [0.1, 0.15) is 5.82 Å². The van der Waals surface area contributed by atoms with Crippen molar-refractivity contribution in [3.63, 3.8) is 0 Å². The van der Waals surface area contributed by atoms with Gasteiger partial charge in [0, 0.05) is 24.3 Å². The SMILES string of the molecule is CCN(Cc1cccc(C(N)=O)c1)c1ccc(F)cc1. The molecule has 0 fully saturated rings. The summed E-state index contributed by atoms with van der Waals surface area (Å²) in [5.41, 5.74) is 7.71. The van der Waals surface area contributed by atoms with E-state index < -0.39 is 5.91 Å². The maximum atomic E-state index is 13.0. The Bertz CT molecular complexity index is 596. The molecular formula is C16H17FN2O. The van der Waals surface area contributed by atoms with Gasteiger partial charge in [0.05, 0.1) is 0 Å². The number of hydrogen-bond acceptors (Lipinski definition) is 2. The maximum Gasteiger partial charge on any atom is 0.248 e. The van der Waals surface area contributed by atoms with Crippen LogP contribution in [0.4, 0.5) is 10.1 Å². The molecule has 2 aromatic rings. The normalized spacial score (nSPS) is 10.3. The first-order chi connectivity index (χ1) is 9.60. The van der Waals surface area contributed by atoms with Gasteiger partial charge in [-0.3, -0.25) is 4.79 Å². The zero-order chi connectivity index (χ0) is 14.5. The van der Waals surface area contributed by atoms with Crippen molar-refractivity contribution in [2.24, 2.45) is 5.73 Å². The van der Waals surface area contributed by atoms with Gasteiger partial charge in [-0.15, -0.1) is 0 Å². The molecule has 0 saturated heterocycles. The van der Waals surface area contributed by atoms with E-state index in [-0.39, 0.29) is 5.82 Å². The third-order valence-corrected chi connectivity index (χ3v) is 3.16. The average molecular weight is 272 g/mol. The number of primary amides is 1. The number of carbonyl (C=O) groups excluding carboxylic acids is 1. The van der Waals surface area contributed by atoms with Crippen LogP contribution in [0.2, 0.25) is 0 Å². The van der Waals surface area contributed by atoms with Gasteiger partial charge in [-0.2, -0.15) is 0 Å². The van der Waals surface area contributed by atoms with Gasteiger partial charge in [0.15, 0.2) is 0 Å². The minimum absolute atomic E-state index is 0.250. The lowest BCUT2D eigenvalue weighted by atomic mass is 10.1. The number of amides is 1. The number of rotatable bonds is 5. The van der Waals surface area contributed by atoms with E-state index in [2.05, 4.69) is 4.90 Å². The molecule has 0 radical (unpaired) electrons. The van der Waals surface area contributed by atoms with Crippen LogP contribution >= 0.6 is 0 Å². The quantitative estimate of drug-likeness (QED) is 0.909. The molecule has 104 valence electrons. The number of benzene rings is 2. The van der Waals surface area contributed by atoms with E-state index in [1.165, 1.54) is 12.1 Å². The highest BCUT2D eigenvalue weighted by Gasteiger charge is 2.07. The second-order valence-electron chi connectivity index (χ2n) is 4.56. The van der Waals surface area contributed by atoms with Crippen LogP contribution in [0.1, 0.15) is 22.8 Å². The first-order valence-electron chi connectivity index (χ1n) is 6.49. The number of nitrogens with two attached hydrogens (primary N) is 1. The zero-order valence-corrected chi connectivity index (χ0v) is 11.3. The highest BCUT2D eigenvalue weighted by molar-refractivity contribution is 5.92. The second kappa shape index (κ2) is 6.19. The fourth-order valence-corrected chi connectivity index (χ4v) is 2.08. The largest absolute Gasteiger partial charge is 0.367 e. The fourth-order valence-electron chi connectivity index (χ4n) is 2.08. The van der Waals surface area contributed by atoms with Gasteiger partial charge in [-0.05, 0) is 48.9 Å². The van der Waals surface area contributed by atoms with Crippen molar-refractivity contribution in [2.75, 3.05) is 11.4 Å². The summed E-state index contributed by atoms with van der Waals surface area (Å²) in [4.78, 5) is 13.3. The summed E-state index contributed by atoms with van der Waals surface area (Å²) in [6.45, 7) is 3.46. The van der Waals surface area contributed by atoms with Crippen LogP contribution in [-0.4, -0.2) is 12.5 Å². The smallest absolute Gasteiger partial charge is 0.248 e. The molecule has 0 bridgehead atoms. The zero-order valence-electron chi connectivity index (χ0n) is 11.3. The Hall–Kier alpha value is -2.36. The van der Waals surface area contributed by atoms with Gasteiger partial charge in [-0.25, -0.2) is 4.39 Å². The van der Waals surface area contributed by atoms with Crippen molar-refractivity contribution < 1.29 is 9.18 Å². The molecule has 2 aromatic carbocycles. The highest BCUT2D eigenvalue weighted by atomic mass is 19.1. The molecule has 4 heteroatoms. The Morgan fingerprint density at radius 3 is 2.50 bits per heavy atom. The summed E-state index contributed by atoms with van der Waals surface area (Å²) < 4.78 is 13.0. The summed E-state index contributed by atoms with van der Waals surface area (Å²) >= 11 is 0. The molecule has 3 nitrogen and oxygen atoms in total. The van der Waals surface area contributed by atoms with Crippen molar-refractivity contribution >= 4 is 11.6 Å². The van der Waals surface area contributed by atoms with Crippen molar-refractivity contribution in [1.29, 1.82) is 0 Å². The molecular weight excluding hydrogens is 255 g/mol. The molecule has 0 saturated carbocycles. The molecule has 0 aromatic heterocycles. The Balaban J connectivity index is 2.19. The van der Waals surface area contributed by atoms with Crippen molar-refractivity contribution in [3.05, 3.63) is 65.5 Å². The molecule has 1 amide bonds. The van der Waals surface area contributed by atoms with Crippen molar-refractivity contribution in [1.82, 2.24) is 0 Å². The molecule has 0 aliphatic carbocycles. The van der Waals surface area contributed by atoms with Crippen LogP contribution in [0.3, 0.4) is 0 Å². The van der Waals surface area contributed by atoms with E-state index in [0.717, 1.165) is 17.8 Å². The Morgan fingerprint density at radius 2 is 1.90 bits per heavy atom. The summed E-state index contributed by atoms with van der Waals surface area (Å²) in [6.07, 6.45) is 0. The summed E-state index contributed by atoms with van der Waals surface area (Å²) in [6, 6.07) is 13.6. The van der Waals surface area contributed by atoms with Crippen LogP contribution in [0.15, 0.2) is 48.5 Å². The average Bonchev–Trinajstić information content (AvgIpc) is 2.46. The fraction of sp³-hybridized carbons (Fsp3) is 0.188. The molecule has 0 heterocycles. The van der Waals surface area contributed by atoms with Crippen LogP contribution in [0.5, 0.6) is 0 Å². The van der Waals surface area contributed by atoms with E-state index in [0.29, 0.717) is 12.1 Å². The predicted molar refractivity (Wildman–Crippen MR) is 78.1 cm³/mol. The summed E-state index contributed by atoms with van der Waals surface area (Å²) in [5, 5.41) is 0. The van der Waals surface area contributed by atoms with Gasteiger partial charge in [0.25, 0.3) is 0 Å². The molecule has 0 spiro atoms. The minimum atomic E-state index is -0.434. The van der Waals surface area contributed by atoms with E-state index in [1.54, 1.807) is 24.3 Å². The second-order valence-corrected chi connectivity index (χ2v) is 4.56. The lowest BCUT2D eigenvalue weighted by molar-refractivity contribution is 0.1000. The van der Waals surface area contributed by atoms with Crippen LogP contribution in [0, 0.1) is 5.82 Å². The number of nitrogens with zero attached hydrogens (tertiary/aromatic N) is 1. The third-order valence-electron chi connectivity index (χ3n) is 3.16. The number of hydrogen-bond donors (Lipinski definition) is 1. The van der Waals surface area contributed by atoms with E-state index in [4.69, 9.17) is 5.73 Å². The summed E-state index contributed by atoms with van der Waals surface area (Å²) in [7, 11) is 0. The standard InChI is InChI=1S/C16H17FN2O/c1-2-19(15-8-6-14(17)7-9-15)11-12-4-3-5-13(10-12)16(18)20/h3-10H,2,11H2,1H3,(H2,18,20). The van der Waals surface area contributed by atoms with Crippen LogP contribution < -0.4 is 10.6 Å². The van der Waals surface area contributed by atoms with Gasteiger partial charge in [-0.1, -0.05) is 12.1 Å². The first kappa shape index (κ1) is 14.1. The molecule has 0 aliphatic rings. The number of anilines is 1. The topological polar surface area (TPSA) is 46.3 Å². The Morgan fingerprint density at radius 1 is 1.20 bits per heavy atom. The van der Waals surface area contributed by atoms with Gasteiger partial charge < -0.3 is 10.6 Å². The van der Waals surface area contributed by atoms with Crippen LogP contribution in [0.25, 0.3) is 0 Å². The highest BCUT2D eigenvalue weighted by Crippen LogP contribution is 2.18. The Labute approximate surface area is 117 Å². The van der Waals surface area contributed by atoms with Crippen molar-refractivity contribution in [3.8, 4) is 0 Å². The first-order valence-corrected chi connectivity index (χ1v) is 6.49. The summed E-state index contributed by atoms with van der Waals surface area (Å²) in [5.74, 6) is -0.683. The number of carbonyl (C=O) groups is 1. The molecule has 0 unspecified atom stereocenters. The monoisotopic (exact) mass is 272 g/mol. The number of halogens is 1. The van der Waals surface area contributed by atoms with Crippen LogP contribution in [-0.2, 0) is 6.54 Å². The molecule has 0 atom stereocenters. The molecule has 2 N–H and O–H groups in total. The Kier molecular flexibility index (Phi) is 4.35. The van der Waals surface area contributed by atoms with E-state index in [9.17, 15) is 9.18 Å². The van der Waals surface area contributed by atoms with Gasteiger partial charge >= 0.3 is 0 Å². The van der Waals surface area contributed by atoms with Gasteiger partial charge in [0.2, 0.25) is 5.91 Å².